The molecule has 2 rings (SSSR count). The molecule has 0 saturated heterocycles. The van der Waals surface area contributed by atoms with Crippen molar-refractivity contribution in [3.63, 3.8) is 0 Å². The van der Waals surface area contributed by atoms with E-state index in [0.717, 1.165) is 5.75 Å². The third-order valence-electron chi connectivity index (χ3n) is 2.76. The van der Waals surface area contributed by atoms with Crippen LogP contribution in [0.5, 0.6) is 11.5 Å². The molecular weight excluding hydrogens is 256 g/mol. The van der Waals surface area contributed by atoms with Crippen LogP contribution in [0, 0.1) is 0 Å². The predicted octanol–water partition coefficient (Wildman–Crippen LogP) is 3.28. The summed E-state index contributed by atoms with van der Waals surface area (Å²) in [6.07, 6.45) is -0.879. The lowest BCUT2D eigenvalue weighted by molar-refractivity contribution is -0.0742. The van der Waals surface area contributed by atoms with Crippen LogP contribution in [-0.4, -0.2) is 26.3 Å². The fourth-order valence-electron chi connectivity index (χ4n) is 1.76. The molecule has 2 aromatic carbocycles. The second-order valence-electron chi connectivity index (χ2n) is 4.11. The number of ketones is 1. The molecule has 0 aliphatic rings. The minimum absolute atomic E-state index is 0.221. The van der Waals surface area contributed by atoms with Crippen molar-refractivity contribution in [1.82, 2.24) is 0 Å². The number of para-hydroxylation sites is 1. The molecule has 0 unspecified atom stereocenters. The monoisotopic (exact) mass is 272 g/mol. The second kappa shape index (κ2) is 6.84. The third-order valence-corrected chi connectivity index (χ3v) is 2.76. The first-order chi connectivity index (χ1) is 9.74. The van der Waals surface area contributed by atoms with Crippen LogP contribution >= 0.6 is 0 Å². The first-order valence-corrected chi connectivity index (χ1v) is 6.17. The van der Waals surface area contributed by atoms with Crippen molar-refractivity contribution < 1.29 is 19.0 Å². The summed E-state index contributed by atoms with van der Waals surface area (Å²) in [5, 5.41) is 0. The van der Waals surface area contributed by atoms with Gasteiger partial charge < -0.3 is 14.2 Å². The summed E-state index contributed by atoms with van der Waals surface area (Å²) < 4.78 is 15.5. The van der Waals surface area contributed by atoms with Crippen LogP contribution in [0.3, 0.4) is 0 Å². The summed E-state index contributed by atoms with van der Waals surface area (Å²) in [6.45, 7) is 0. The molecular formula is C16H16O4. The number of hydrogen-bond donors (Lipinski definition) is 0. The highest BCUT2D eigenvalue weighted by Gasteiger charge is 2.18. The first-order valence-electron chi connectivity index (χ1n) is 6.17. The lowest BCUT2D eigenvalue weighted by atomic mass is 10.1. The van der Waals surface area contributed by atoms with Crippen molar-refractivity contribution in [2.45, 2.75) is 6.29 Å². The lowest BCUT2D eigenvalue weighted by Gasteiger charge is -2.12. The highest BCUT2D eigenvalue weighted by molar-refractivity contribution is 5.98. The maximum Gasteiger partial charge on any atom is 0.222 e. The van der Waals surface area contributed by atoms with Crippen molar-refractivity contribution in [1.29, 1.82) is 0 Å². The Bertz CT molecular complexity index is 544. The van der Waals surface area contributed by atoms with E-state index in [-0.39, 0.29) is 5.78 Å². The van der Waals surface area contributed by atoms with Gasteiger partial charge in [-0.15, -0.1) is 0 Å². The number of ether oxygens (including phenoxy) is 3. The summed E-state index contributed by atoms with van der Waals surface area (Å²) in [7, 11) is 2.86. The van der Waals surface area contributed by atoms with Gasteiger partial charge in [0.25, 0.3) is 0 Å². The van der Waals surface area contributed by atoms with Gasteiger partial charge in [0.15, 0.2) is 0 Å². The van der Waals surface area contributed by atoms with Gasteiger partial charge in [0.05, 0.1) is 0 Å². The third kappa shape index (κ3) is 3.44. The zero-order valence-electron chi connectivity index (χ0n) is 11.4. The molecule has 4 heteroatoms. The minimum Gasteiger partial charge on any atom is -0.457 e. The van der Waals surface area contributed by atoms with E-state index >= 15 is 0 Å². The molecule has 0 atom stereocenters. The predicted molar refractivity (Wildman–Crippen MR) is 75.1 cm³/mol. The average molecular weight is 272 g/mol. The molecule has 0 heterocycles. The average Bonchev–Trinajstić information content (AvgIpc) is 2.50. The molecule has 0 fully saturated rings. The van der Waals surface area contributed by atoms with Crippen molar-refractivity contribution >= 4 is 5.78 Å². The maximum absolute atomic E-state index is 12.0. The Kier molecular flexibility index (Phi) is 4.87. The number of hydrogen-bond acceptors (Lipinski definition) is 4. The zero-order valence-corrected chi connectivity index (χ0v) is 11.4. The molecule has 0 aromatic heterocycles. The van der Waals surface area contributed by atoms with E-state index in [1.807, 2.05) is 30.3 Å². The molecule has 0 amide bonds. The van der Waals surface area contributed by atoms with Gasteiger partial charge in [0.1, 0.15) is 11.5 Å². The molecule has 0 spiro atoms. The molecule has 0 bridgehead atoms. The van der Waals surface area contributed by atoms with Gasteiger partial charge in [0.2, 0.25) is 12.1 Å². The number of benzene rings is 2. The van der Waals surface area contributed by atoms with Crippen molar-refractivity contribution in [3.05, 3.63) is 60.2 Å². The molecule has 0 aliphatic heterocycles. The van der Waals surface area contributed by atoms with E-state index in [4.69, 9.17) is 14.2 Å². The fourth-order valence-corrected chi connectivity index (χ4v) is 1.76. The van der Waals surface area contributed by atoms with E-state index in [1.165, 1.54) is 14.2 Å². The van der Waals surface area contributed by atoms with E-state index in [2.05, 4.69) is 0 Å². The molecule has 104 valence electrons. The van der Waals surface area contributed by atoms with Crippen LogP contribution in [0.1, 0.15) is 10.4 Å². The zero-order chi connectivity index (χ0) is 14.4. The van der Waals surface area contributed by atoms with Crippen LogP contribution < -0.4 is 4.74 Å². The molecule has 2 aromatic rings. The van der Waals surface area contributed by atoms with E-state index in [0.29, 0.717) is 11.3 Å². The van der Waals surface area contributed by atoms with E-state index in [9.17, 15) is 4.79 Å². The summed E-state index contributed by atoms with van der Waals surface area (Å²) >= 11 is 0. The minimum atomic E-state index is -0.879. The summed E-state index contributed by atoms with van der Waals surface area (Å²) in [4.78, 5) is 12.0. The molecule has 20 heavy (non-hydrogen) atoms. The van der Waals surface area contributed by atoms with Gasteiger partial charge in [-0.2, -0.15) is 0 Å². The number of Topliss-reactive ketones (excluding diaryl/α,β-unsaturated/α-hetero) is 1. The van der Waals surface area contributed by atoms with Gasteiger partial charge in [-0.05, 0) is 36.4 Å². The molecule has 4 nitrogen and oxygen atoms in total. The first kappa shape index (κ1) is 14.2. The summed E-state index contributed by atoms with van der Waals surface area (Å²) in [5.74, 6) is 1.19. The Hall–Kier alpha value is -2.17. The van der Waals surface area contributed by atoms with Gasteiger partial charge in [-0.25, -0.2) is 0 Å². The largest absolute Gasteiger partial charge is 0.457 e. The number of methoxy groups -OCH3 is 2. The Morgan fingerprint density at radius 2 is 1.40 bits per heavy atom. The topological polar surface area (TPSA) is 44.8 Å². The lowest BCUT2D eigenvalue weighted by Crippen LogP contribution is -2.24. The van der Waals surface area contributed by atoms with Gasteiger partial charge in [-0.1, -0.05) is 18.2 Å². The standard InChI is InChI=1S/C16H16O4/c1-18-16(19-2)15(17)12-8-10-14(11-9-12)20-13-6-4-3-5-7-13/h3-11,16H,1-2H3. The highest BCUT2D eigenvalue weighted by Crippen LogP contribution is 2.21. The Morgan fingerprint density at radius 3 is 1.95 bits per heavy atom. The molecule has 0 saturated carbocycles. The Balaban J connectivity index is 2.08. The van der Waals surface area contributed by atoms with E-state index in [1.54, 1.807) is 24.3 Å². The van der Waals surface area contributed by atoms with Crippen LogP contribution in [0.4, 0.5) is 0 Å². The molecule has 0 radical (unpaired) electrons. The van der Waals surface area contributed by atoms with Crippen LogP contribution in [-0.2, 0) is 9.47 Å². The van der Waals surface area contributed by atoms with Crippen LogP contribution in [0.15, 0.2) is 54.6 Å². The van der Waals surface area contributed by atoms with Crippen LogP contribution in [0.2, 0.25) is 0 Å². The molecule has 0 aliphatic carbocycles. The van der Waals surface area contributed by atoms with Crippen molar-refractivity contribution in [2.75, 3.05) is 14.2 Å². The number of carbonyl (C=O) groups excluding carboxylic acids is 1. The van der Waals surface area contributed by atoms with Gasteiger partial charge in [-0.3, -0.25) is 4.79 Å². The highest BCUT2D eigenvalue weighted by atomic mass is 16.7. The van der Waals surface area contributed by atoms with Gasteiger partial charge in [0, 0.05) is 19.8 Å². The fraction of sp³-hybridized carbons (Fsp3) is 0.188. The molecule has 0 N–H and O–H groups in total. The number of carbonyl (C=O) groups is 1. The SMILES string of the molecule is COC(OC)C(=O)c1ccc(Oc2ccccc2)cc1. The quantitative estimate of drug-likeness (QED) is 0.598. The number of rotatable bonds is 6. The van der Waals surface area contributed by atoms with Gasteiger partial charge >= 0.3 is 0 Å². The smallest absolute Gasteiger partial charge is 0.222 e. The summed E-state index contributed by atoms with van der Waals surface area (Å²) in [5.41, 5.74) is 0.513. The maximum atomic E-state index is 12.0. The Labute approximate surface area is 117 Å². The summed E-state index contributed by atoms with van der Waals surface area (Å²) in [6, 6.07) is 16.3. The second-order valence-corrected chi connectivity index (χ2v) is 4.11. The normalized spacial score (nSPS) is 10.6. The van der Waals surface area contributed by atoms with Crippen LogP contribution in [0.25, 0.3) is 0 Å². The van der Waals surface area contributed by atoms with Crippen molar-refractivity contribution in [2.24, 2.45) is 0 Å². The Morgan fingerprint density at radius 1 is 0.850 bits per heavy atom. The van der Waals surface area contributed by atoms with E-state index < -0.39 is 6.29 Å². The van der Waals surface area contributed by atoms with Crippen molar-refractivity contribution in [3.8, 4) is 11.5 Å².